The van der Waals surface area contributed by atoms with Gasteiger partial charge >= 0.3 is 12.2 Å². The van der Waals surface area contributed by atoms with E-state index < -0.39 is 24.3 Å². The van der Waals surface area contributed by atoms with Gasteiger partial charge in [-0.15, -0.1) is 22.7 Å². The zero-order chi connectivity index (χ0) is 27.3. The van der Waals surface area contributed by atoms with Crippen LogP contribution in [0.2, 0.25) is 0 Å². The third-order valence-electron chi connectivity index (χ3n) is 5.90. The second-order valence-electron chi connectivity index (χ2n) is 8.79. The van der Waals surface area contributed by atoms with Crippen LogP contribution < -0.4 is 5.32 Å². The van der Waals surface area contributed by atoms with Crippen LogP contribution in [-0.2, 0) is 35.7 Å². The van der Waals surface area contributed by atoms with Crippen molar-refractivity contribution < 1.29 is 24.2 Å². The van der Waals surface area contributed by atoms with Gasteiger partial charge in [-0.25, -0.2) is 19.6 Å². The van der Waals surface area contributed by atoms with Crippen molar-refractivity contribution in [1.29, 1.82) is 0 Å². The number of aromatic nitrogens is 2. The van der Waals surface area contributed by atoms with Crippen molar-refractivity contribution in [2.75, 3.05) is 6.54 Å². The Balaban J connectivity index is 1.40. The Morgan fingerprint density at radius 1 is 0.872 bits per heavy atom. The number of carbonyl (C=O) groups is 2. The summed E-state index contributed by atoms with van der Waals surface area (Å²) in [6.07, 6.45) is -1.51. The summed E-state index contributed by atoms with van der Waals surface area (Å²) in [5.74, 6) is 0. The molecule has 39 heavy (non-hydrogen) atoms. The first-order valence-corrected chi connectivity index (χ1v) is 14.3. The van der Waals surface area contributed by atoms with E-state index in [2.05, 4.69) is 15.3 Å². The number of nitrogens with zero attached hydrogens (tertiary/aromatic N) is 3. The average molecular weight is 567 g/mol. The lowest BCUT2D eigenvalue weighted by Crippen LogP contribution is -2.46. The summed E-state index contributed by atoms with van der Waals surface area (Å²) in [6.45, 7) is 0.640. The van der Waals surface area contributed by atoms with Crippen LogP contribution in [0.25, 0.3) is 0 Å². The summed E-state index contributed by atoms with van der Waals surface area (Å²) in [5, 5.41) is 17.6. The van der Waals surface area contributed by atoms with Crippen LogP contribution in [0.1, 0.15) is 28.9 Å². The number of hydrogen-bond acceptors (Lipinski definition) is 9. The van der Waals surface area contributed by atoms with Crippen molar-refractivity contribution >= 4 is 34.9 Å². The van der Waals surface area contributed by atoms with Gasteiger partial charge in [0.2, 0.25) is 0 Å². The molecular formula is C28H30N4O5S2. The number of nitrogens with one attached hydrogen (secondary N) is 1. The number of alkyl carbamates (subject to hydrolysis) is 1. The molecule has 11 heteroatoms. The summed E-state index contributed by atoms with van der Waals surface area (Å²) in [4.78, 5) is 35.4. The molecule has 0 saturated carbocycles. The number of carbonyl (C=O) groups excluding carboxylic acids is 2. The van der Waals surface area contributed by atoms with E-state index in [4.69, 9.17) is 9.47 Å². The van der Waals surface area contributed by atoms with Gasteiger partial charge in [-0.3, -0.25) is 0 Å². The van der Waals surface area contributed by atoms with E-state index in [9.17, 15) is 14.7 Å². The van der Waals surface area contributed by atoms with Gasteiger partial charge in [0.15, 0.2) is 0 Å². The molecule has 4 rings (SSSR count). The maximum atomic E-state index is 13.0. The molecule has 0 fully saturated rings. The van der Waals surface area contributed by atoms with E-state index in [1.165, 1.54) is 22.7 Å². The highest BCUT2D eigenvalue weighted by Gasteiger charge is 2.25. The number of thiazole rings is 2. The molecule has 2 aromatic heterocycles. The lowest BCUT2D eigenvalue weighted by molar-refractivity contribution is 0.0701. The molecule has 204 valence electrons. The maximum absolute atomic E-state index is 13.0. The third kappa shape index (κ3) is 9.47. The van der Waals surface area contributed by atoms with Gasteiger partial charge in [0.25, 0.3) is 0 Å². The van der Waals surface area contributed by atoms with Crippen molar-refractivity contribution in [2.45, 2.75) is 44.7 Å². The minimum atomic E-state index is -0.957. The van der Waals surface area contributed by atoms with Crippen LogP contribution in [0, 0.1) is 0 Å². The van der Waals surface area contributed by atoms with Crippen molar-refractivity contribution in [3.05, 3.63) is 105 Å². The number of hydrogen-bond donors (Lipinski definition) is 2. The number of aliphatic hydroxyl groups is 1. The monoisotopic (exact) mass is 566 g/mol. The van der Waals surface area contributed by atoms with Crippen molar-refractivity contribution in [3.63, 3.8) is 0 Å². The van der Waals surface area contributed by atoms with Crippen LogP contribution in [-0.4, -0.2) is 50.9 Å². The smallest absolute Gasteiger partial charge is 0.410 e. The highest BCUT2D eigenvalue weighted by molar-refractivity contribution is 7.07. The predicted octanol–water partition coefficient (Wildman–Crippen LogP) is 5.03. The summed E-state index contributed by atoms with van der Waals surface area (Å²) < 4.78 is 10.8. The minimum absolute atomic E-state index is 0.0408. The molecule has 2 heterocycles. The van der Waals surface area contributed by atoms with E-state index in [-0.39, 0.29) is 26.2 Å². The van der Waals surface area contributed by atoms with Crippen LogP contribution in [0.15, 0.2) is 82.4 Å². The first-order chi connectivity index (χ1) is 19.1. The molecular weight excluding hydrogens is 536 g/mol. The first kappa shape index (κ1) is 28.2. The lowest BCUT2D eigenvalue weighted by atomic mass is 9.99. The number of benzene rings is 2. The Morgan fingerprint density at radius 3 is 2.05 bits per heavy atom. The molecule has 0 spiro atoms. The molecule has 0 radical (unpaired) electrons. The zero-order valence-electron chi connectivity index (χ0n) is 21.2. The van der Waals surface area contributed by atoms with Gasteiger partial charge in [0, 0.05) is 23.8 Å². The highest BCUT2D eigenvalue weighted by Crippen LogP contribution is 2.14. The largest absolute Gasteiger partial charge is 0.443 e. The number of amides is 2. The number of ether oxygens (including phenoxy) is 2. The molecule has 2 unspecified atom stereocenters. The Kier molecular flexibility index (Phi) is 10.8. The SMILES string of the molecule is O=C(NC(Cc1ccccc1)C(O)CCN(Cc1ccccc1)C(=O)OCc1cscn1)OCc1cscn1. The van der Waals surface area contributed by atoms with E-state index in [1.54, 1.807) is 21.3 Å². The fraction of sp³-hybridized carbons (Fsp3) is 0.286. The van der Waals surface area contributed by atoms with E-state index in [1.807, 2.05) is 66.0 Å². The van der Waals surface area contributed by atoms with Gasteiger partial charge < -0.3 is 24.8 Å². The first-order valence-electron chi connectivity index (χ1n) is 12.4. The molecule has 0 aliphatic heterocycles. The Labute approximate surface area is 235 Å². The fourth-order valence-electron chi connectivity index (χ4n) is 3.86. The van der Waals surface area contributed by atoms with E-state index in [0.29, 0.717) is 24.4 Å². The second kappa shape index (κ2) is 15.0. The summed E-state index contributed by atoms with van der Waals surface area (Å²) in [5.41, 5.74) is 6.57. The summed E-state index contributed by atoms with van der Waals surface area (Å²) >= 11 is 2.85. The summed E-state index contributed by atoms with van der Waals surface area (Å²) in [6, 6.07) is 18.5. The van der Waals surface area contributed by atoms with Crippen LogP contribution in [0.4, 0.5) is 9.59 Å². The van der Waals surface area contributed by atoms with Crippen LogP contribution in [0.5, 0.6) is 0 Å². The van der Waals surface area contributed by atoms with Crippen molar-refractivity contribution in [3.8, 4) is 0 Å². The zero-order valence-corrected chi connectivity index (χ0v) is 22.9. The molecule has 0 saturated heterocycles. The van der Waals surface area contributed by atoms with Gasteiger partial charge in [-0.05, 0) is 24.0 Å². The topological polar surface area (TPSA) is 114 Å². The molecule has 2 N–H and O–H groups in total. The predicted molar refractivity (Wildman–Crippen MR) is 149 cm³/mol. The number of rotatable bonds is 13. The normalized spacial score (nSPS) is 12.3. The highest BCUT2D eigenvalue weighted by atomic mass is 32.1. The quantitative estimate of drug-likeness (QED) is 0.233. The van der Waals surface area contributed by atoms with E-state index >= 15 is 0 Å². The molecule has 0 bridgehead atoms. The van der Waals surface area contributed by atoms with Crippen LogP contribution >= 0.6 is 22.7 Å². The minimum Gasteiger partial charge on any atom is -0.443 e. The average Bonchev–Trinajstić information content (AvgIpc) is 3.68. The third-order valence-corrected chi connectivity index (χ3v) is 7.17. The molecule has 9 nitrogen and oxygen atoms in total. The van der Waals surface area contributed by atoms with Gasteiger partial charge in [0.05, 0.1) is 34.6 Å². The van der Waals surface area contributed by atoms with E-state index in [0.717, 1.165) is 11.1 Å². The van der Waals surface area contributed by atoms with Gasteiger partial charge in [-0.1, -0.05) is 60.7 Å². The molecule has 2 atom stereocenters. The van der Waals surface area contributed by atoms with Gasteiger partial charge in [0.1, 0.15) is 13.2 Å². The Bertz CT molecular complexity index is 1260. The molecule has 4 aromatic rings. The van der Waals surface area contributed by atoms with Crippen molar-refractivity contribution in [1.82, 2.24) is 20.2 Å². The molecule has 2 aromatic carbocycles. The molecule has 0 aliphatic carbocycles. The van der Waals surface area contributed by atoms with Crippen molar-refractivity contribution in [2.24, 2.45) is 0 Å². The summed E-state index contributed by atoms with van der Waals surface area (Å²) in [7, 11) is 0. The second-order valence-corrected chi connectivity index (χ2v) is 10.2. The fourth-order valence-corrected chi connectivity index (χ4v) is 4.94. The maximum Gasteiger partial charge on any atom is 0.410 e. The Hall–Kier alpha value is -3.80. The molecule has 2 amide bonds. The Morgan fingerprint density at radius 2 is 1.46 bits per heavy atom. The van der Waals surface area contributed by atoms with Gasteiger partial charge in [-0.2, -0.15) is 0 Å². The standard InChI is InChI=1S/C28H30N4O5S2/c33-26(25(13-21-7-3-1-4-8-21)31-27(34)36-15-23-17-38-19-29-23)11-12-32(14-22-9-5-2-6-10-22)28(35)37-16-24-18-39-20-30-24/h1-10,17-20,25-26,33H,11-16H2,(H,31,34). The lowest BCUT2D eigenvalue weighted by Gasteiger charge is -2.27. The number of aliphatic hydroxyl groups excluding tert-OH is 1. The van der Waals surface area contributed by atoms with Crippen LogP contribution in [0.3, 0.4) is 0 Å². The molecule has 0 aliphatic rings.